The summed E-state index contributed by atoms with van der Waals surface area (Å²) in [6.45, 7) is 0. The number of fused-ring (bicyclic) bond motifs is 1. The van der Waals surface area contributed by atoms with E-state index in [9.17, 15) is 0 Å². The van der Waals surface area contributed by atoms with Gasteiger partial charge in [-0.15, -0.1) is 11.6 Å². The second-order valence-corrected chi connectivity index (χ2v) is 5.31. The molecule has 0 fully saturated rings. The summed E-state index contributed by atoms with van der Waals surface area (Å²) in [6.07, 6.45) is 1.34. The summed E-state index contributed by atoms with van der Waals surface area (Å²) in [5.41, 5.74) is 0.555. The van der Waals surface area contributed by atoms with Crippen molar-refractivity contribution in [2.24, 2.45) is 0 Å². The third-order valence-electron chi connectivity index (χ3n) is 3.02. The minimum absolute atomic E-state index is 0.167. The van der Waals surface area contributed by atoms with Gasteiger partial charge >= 0.3 is 0 Å². The number of rotatable bonds is 3. The van der Waals surface area contributed by atoms with Crippen LogP contribution in [0.5, 0.6) is 11.6 Å². The first-order chi connectivity index (χ1) is 10.2. The summed E-state index contributed by atoms with van der Waals surface area (Å²) in [6, 6.07) is 11.3. The number of alkyl halides is 1. The third kappa shape index (κ3) is 2.77. The van der Waals surface area contributed by atoms with E-state index >= 15 is 0 Å². The molecule has 1 heterocycles. The number of nitrogens with zero attached hydrogens (tertiary/aromatic N) is 2. The van der Waals surface area contributed by atoms with Crippen molar-refractivity contribution in [3.63, 3.8) is 0 Å². The number of ether oxygens (including phenoxy) is 1. The first-order valence-electron chi connectivity index (χ1n) is 6.11. The van der Waals surface area contributed by atoms with Crippen LogP contribution in [0.4, 0.5) is 0 Å². The Balaban J connectivity index is 2.11. The van der Waals surface area contributed by atoms with E-state index in [1.54, 1.807) is 12.1 Å². The second-order valence-electron chi connectivity index (χ2n) is 4.27. The molecule has 0 aliphatic heterocycles. The standard InChI is InChI=1S/C15H9Cl3N2O/c16-7-11-14(18)19-8-20-15(11)21-13-6-5-12(17)9-3-1-2-4-10(9)13/h1-6,8H,7H2. The van der Waals surface area contributed by atoms with Gasteiger partial charge in [-0.05, 0) is 12.1 Å². The van der Waals surface area contributed by atoms with E-state index in [1.165, 1.54) is 6.33 Å². The smallest absolute Gasteiger partial charge is 0.228 e. The minimum atomic E-state index is 0.167. The van der Waals surface area contributed by atoms with Gasteiger partial charge in [0.2, 0.25) is 5.88 Å². The minimum Gasteiger partial charge on any atom is -0.438 e. The average Bonchev–Trinajstić information content (AvgIpc) is 2.51. The molecule has 0 spiro atoms. The molecule has 3 rings (SSSR count). The zero-order valence-corrected chi connectivity index (χ0v) is 13.0. The lowest BCUT2D eigenvalue weighted by atomic mass is 10.1. The van der Waals surface area contributed by atoms with E-state index in [0.717, 1.165) is 10.8 Å². The molecule has 3 nitrogen and oxygen atoms in total. The fourth-order valence-electron chi connectivity index (χ4n) is 2.00. The van der Waals surface area contributed by atoms with Crippen LogP contribution in [0, 0.1) is 0 Å². The molecule has 0 unspecified atom stereocenters. The average molecular weight is 340 g/mol. The monoisotopic (exact) mass is 338 g/mol. The lowest BCUT2D eigenvalue weighted by Crippen LogP contribution is -1.96. The zero-order chi connectivity index (χ0) is 14.8. The SMILES string of the molecule is ClCc1c(Cl)ncnc1Oc1ccc(Cl)c2ccccc12. The van der Waals surface area contributed by atoms with Crippen molar-refractivity contribution >= 4 is 45.6 Å². The van der Waals surface area contributed by atoms with E-state index in [-0.39, 0.29) is 11.0 Å². The Bertz CT molecular complexity index is 808. The van der Waals surface area contributed by atoms with Crippen molar-refractivity contribution in [2.75, 3.05) is 0 Å². The van der Waals surface area contributed by atoms with Gasteiger partial charge in [0, 0.05) is 15.8 Å². The Morgan fingerprint density at radius 3 is 2.48 bits per heavy atom. The Kier molecular flexibility index (Phi) is 4.15. The maximum Gasteiger partial charge on any atom is 0.228 e. The Hall–Kier alpha value is -1.55. The van der Waals surface area contributed by atoms with Crippen LogP contribution in [0.25, 0.3) is 10.8 Å². The number of hydrogen-bond acceptors (Lipinski definition) is 3. The molecular weight excluding hydrogens is 331 g/mol. The van der Waals surface area contributed by atoms with Crippen molar-refractivity contribution < 1.29 is 4.74 Å². The van der Waals surface area contributed by atoms with E-state index in [1.807, 2.05) is 24.3 Å². The molecule has 0 saturated carbocycles. The maximum atomic E-state index is 6.19. The highest BCUT2D eigenvalue weighted by molar-refractivity contribution is 6.35. The molecule has 106 valence electrons. The van der Waals surface area contributed by atoms with Crippen LogP contribution >= 0.6 is 34.8 Å². The third-order valence-corrected chi connectivity index (χ3v) is 3.95. The largest absolute Gasteiger partial charge is 0.438 e. The van der Waals surface area contributed by atoms with Gasteiger partial charge in [0.25, 0.3) is 0 Å². The van der Waals surface area contributed by atoms with Gasteiger partial charge in [0.1, 0.15) is 17.2 Å². The fourth-order valence-corrected chi connectivity index (χ4v) is 2.73. The molecule has 0 aliphatic rings. The lowest BCUT2D eigenvalue weighted by molar-refractivity contribution is 0.462. The van der Waals surface area contributed by atoms with Crippen molar-refractivity contribution in [1.29, 1.82) is 0 Å². The predicted octanol–water partition coefficient (Wildman–Crippen LogP) is 5.47. The molecule has 0 bridgehead atoms. The molecule has 0 amide bonds. The first-order valence-corrected chi connectivity index (χ1v) is 7.40. The van der Waals surface area contributed by atoms with Gasteiger partial charge in [0.05, 0.1) is 11.4 Å². The number of halogens is 3. The Morgan fingerprint density at radius 1 is 0.952 bits per heavy atom. The molecule has 6 heteroatoms. The summed E-state index contributed by atoms with van der Waals surface area (Å²) in [5, 5.41) is 2.74. The van der Waals surface area contributed by atoms with Crippen molar-refractivity contribution in [3.8, 4) is 11.6 Å². The van der Waals surface area contributed by atoms with Gasteiger partial charge in [-0.3, -0.25) is 0 Å². The lowest BCUT2D eigenvalue weighted by Gasteiger charge is -2.11. The van der Waals surface area contributed by atoms with Crippen molar-refractivity contribution in [2.45, 2.75) is 5.88 Å². The highest BCUT2D eigenvalue weighted by Crippen LogP contribution is 2.35. The molecule has 0 N–H and O–H groups in total. The quantitative estimate of drug-likeness (QED) is 0.469. The Labute approximate surface area is 136 Å². The zero-order valence-electron chi connectivity index (χ0n) is 10.7. The molecule has 21 heavy (non-hydrogen) atoms. The normalized spacial score (nSPS) is 10.8. The summed E-state index contributed by atoms with van der Waals surface area (Å²) in [4.78, 5) is 8.00. The van der Waals surface area contributed by atoms with Crippen LogP contribution < -0.4 is 4.74 Å². The molecule has 0 aliphatic carbocycles. The number of aromatic nitrogens is 2. The van der Waals surface area contributed by atoms with E-state index < -0.39 is 0 Å². The Morgan fingerprint density at radius 2 is 1.71 bits per heavy atom. The van der Waals surface area contributed by atoms with Gasteiger partial charge in [-0.1, -0.05) is 47.5 Å². The molecule has 3 aromatic rings. The van der Waals surface area contributed by atoms with Crippen LogP contribution in [-0.4, -0.2) is 9.97 Å². The molecule has 0 saturated heterocycles. The van der Waals surface area contributed by atoms with E-state index in [4.69, 9.17) is 39.5 Å². The summed E-state index contributed by atoms with van der Waals surface area (Å²) < 4.78 is 5.87. The van der Waals surface area contributed by atoms with E-state index in [2.05, 4.69) is 9.97 Å². The number of benzene rings is 2. The maximum absolute atomic E-state index is 6.19. The van der Waals surface area contributed by atoms with Crippen LogP contribution in [0.2, 0.25) is 10.2 Å². The summed E-state index contributed by atoms with van der Waals surface area (Å²) in [7, 11) is 0. The highest BCUT2D eigenvalue weighted by Gasteiger charge is 2.13. The summed E-state index contributed by atoms with van der Waals surface area (Å²) in [5.74, 6) is 1.15. The highest BCUT2D eigenvalue weighted by atomic mass is 35.5. The van der Waals surface area contributed by atoms with Crippen LogP contribution in [-0.2, 0) is 5.88 Å². The van der Waals surface area contributed by atoms with Crippen LogP contribution in [0.15, 0.2) is 42.7 Å². The van der Waals surface area contributed by atoms with Gasteiger partial charge in [-0.25, -0.2) is 9.97 Å². The van der Waals surface area contributed by atoms with Crippen molar-refractivity contribution in [1.82, 2.24) is 9.97 Å². The number of hydrogen-bond donors (Lipinski definition) is 0. The van der Waals surface area contributed by atoms with Gasteiger partial charge in [0.15, 0.2) is 0 Å². The van der Waals surface area contributed by atoms with Crippen LogP contribution in [0.3, 0.4) is 0 Å². The molecular formula is C15H9Cl3N2O. The van der Waals surface area contributed by atoms with E-state index in [0.29, 0.717) is 22.2 Å². The summed E-state index contributed by atoms with van der Waals surface area (Å²) >= 11 is 18.1. The topological polar surface area (TPSA) is 35.0 Å². The van der Waals surface area contributed by atoms with Gasteiger partial charge < -0.3 is 4.74 Å². The predicted molar refractivity (Wildman–Crippen MR) is 85.6 cm³/mol. The molecule has 1 aromatic heterocycles. The fraction of sp³-hybridized carbons (Fsp3) is 0.0667. The molecule has 0 atom stereocenters. The first kappa shape index (κ1) is 14.4. The van der Waals surface area contributed by atoms with Gasteiger partial charge in [-0.2, -0.15) is 0 Å². The van der Waals surface area contributed by atoms with Crippen molar-refractivity contribution in [3.05, 3.63) is 58.5 Å². The molecule has 2 aromatic carbocycles. The molecule has 0 radical (unpaired) electrons. The van der Waals surface area contributed by atoms with Crippen LogP contribution in [0.1, 0.15) is 5.56 Å². The second kappa shape index (κ2) is 6.06.